The van der Waals surface area contributed by atoms with Gasteiger partial charge in [0.2, 0.25) is 0 Å². The molecule has 3 heteroatoms. The molecule has 56 heavy (non-hydrogen) atoms. The molecule has 0 saturated heterocycles. The largest absolute Gasteiger partial charge is 0.457 e. The summed E-state index contributed by atoms with van der Waals surface area (Å²) in [7, 11) is 0. The number of allylic oxidation sites excluding steroid dienone is 4. The number of hydrogen-bond acceptors (Lipinski definition) is 3. The maximum atomic E-state index is 6.85. The first-order valence-electron chi connectivity index (χ1n) is 19.3. The highest BCUT2D eigenvalue weighted by atomic mass is 16.5. The minimum absolute atomic E-state index is 0.234. The number of aromatic nitrogens is 2. The maximum absolute atomic E-state index is 6.85. The molecule has 1 spiro atoms. The number of ether oxygens (including phenoxy) is 1. The summed E-state index contributed by atoms with van der Waals surface area (Å²) in [6, 6.07) is 64.5. The van der Waals surface area contributed by atoms with E-state index in [1.54, 1.807) is 0 Å². The molecule has 1 aromatic heterocycles. The standard InChI is InChI=1S/C53H36N2O/c1-3-16-35(17-4-1)40-22-7-8-25-43(40)49-34-48(36-18-5-2-6-19-36)54-52(55-49)39-21-15-20-37(32-39)38-30-31-47-51(33-38)56-50-29-14-13-28-46(50)53(47)44-26-11-9-23-41(44)42-24-10-12-27-45(42)53/h1-34,41,44H. The van der Waals surface area contributed by atoms with Crippen molar-refractivity contribution in [1.29, 1.82) is 0 Å². The molecule has 11 rings (SSSR count). The average Bonchev–Trinajstić information content (AvgIpc) is 3.57. The van der Waals surface area contributed by atoms with Crippen LogP contribution in [0, 0.1) is 5.92 Å². The van der Waals surface area contributed by atoms with Gasteiger partial charge in [0, 0.05) is 39.7 Å². The van der Waals surface area contributed by atoms with Crippen molar-refractivity contribution in [1.82, 2.24) is 9.97 Å². The number of nitrogens with zero attached hydrogens (tertiary/aromatic N) is 2. The Balaban J connectivity index is 1.05. The van der Waals surface area contributed by atoms with Crippen LogP contribution in [0.1, 0.15) is 28.2 Å². The molecule has 2 heterocycles. The van der Waals surface area contributed by atoms with Gasteiger partial charge in [0.15, 0.2) is 5.82 Å². The predicted octanol–water partition coefficient (Wildman–Crippen LogP) is 13.1. The second-order valence-electron chi connectivity index (χ2n) is 14.8. The summed E-state index contributed by atoms with van der Waals surface area (Å²) in [5.41, 5.74) is 14.1. The Morgan fingerprint density at radius 3 is 1.89 bits per heavy atom. The van der Waals surface area contributed by atoms with Crippen molar-refractivity contribution in [2.24, 2.45) is 5.92 Å². The van der Waals surface area contributed by atoms with Gasteiger partial charge in [0.1, 0.15) is 11.5 Å². The second kappa shape index (κ2) is 13.0. The smallest absolute Gasteiger partial charge is 0.160 e. The van der Waals surface area contributed by atoms with E-state index in [-0.39, 0.29) is 11.3 Å². The van der Waals surface area contributed by atoms with E-state index in [2.05, 4.69) is 200 Å². The van der Waals surface area contributed by atoms with E-state index in [0.29, 0.717) is 11.7 Å². The molecule has 0 fully saturated rings. The van der Waals surface area contributed by atoms with Crippen LogP contribution in [-0.2, 0) is 5.41 Å². The van der Waals surface area contributed by atoms with Gasteiger partial charge in [0.25, 0.3) is 0 Å². The minimum Gasteiger partial charge on any atom is -0.457 e. The number of rotatable bonds is 5. The van der Waals surface area contributed by atoms with Gasteiger partial charge in [-0.25, -0.2) is 9.97 Å². The van der Waals surface area contributed by atoms with Crippen LogP contribution in [-0.4, -0.2) is 9.97 Å². The van der Waals surface area contributed by atoms with Crippen LogP contribution in [0.15, 0.2) is 206 Å². The molecule has 264 valence electrons. The molecule has 0 amide bonds. The minimum atomic E-state index is -0.370. The molecule has 0 radical (unpaired) electrons. The van der Waals surface area contributed by atoms with E-state index in [9.17, 15) is 0 Å². The number of para-hydroxylation sites is 1. The Bertz CT molecular complexity index is 2860. The van der Waals surface area contributed by atoms with E-state index in [0.717, 1.165) is 61.8 Å². The molecular weight excluding hydrogens is 681 g/mol. The Labute approximate surface area is 327 Å². The van der Waals surface area contributed by atoms with Gasteiger partial charge >= 0.3 is 0 Å². The first kappa shape index (κ1) is 32.3. The molecule has 3 unspecified atom stereocenters. The third-order valence-corrected chi connectivity index (χ3v) is 11.9. The van der Waals surface area contributed by atoms with Crippen molar-refractivity contribution in [3.63, 3.8) is 0 Å². The Hall–Kier alpha value is -7.10. The summed E-state index contributed by atoms with van der Waals surface area (Å²) in [5.74, 6) is 3.02. The van der Waals surface area contributed by atoms with E-state index in [1.165, 1.54) is 22.3 Å². The van der Waals surface area contributed by atoms with Crippen molar-refractivity contribution in [3.8, 4) is 67.7 Å². The van der Waals surface area contributed by atoms with Crippen LogP contribution in [0.3, 0.4) is 0 Å². The fraction of sp³-hybridized carbons (Fsp3) is 0.0566. The van der Waals surface area contributed by atoms with Gasteiger partial charge in [-0.15, -0.1) is 0 Å². The monoisotopic (exact) mass is 716 g/mol. The number of fused-ring (bicyclic) bond motifs is 9. The summed E-state index contributed by atoms with van der Waals surface area (Å²) in [6.07, 6.45) is 9.19. The van der Waals surface area contributed by atoms with E-state index < -0.39 is 0 Å². The zero-order chi connectivity index (χ0) is 37.1. The van der Waals surface area contributed by atoms with Gasteiger partial charge in [-0.05, 0) is 57.6 Å². The van der Waals surface area contributed by atoms with Gasteiger partial charge in [-0.2, -0.15) is 0 Å². The third-order valence-electron chi connectivity index (χ3n) is 11.9. The third kappa shape index (κ3) is 5.05. The summed E-state index contributed by atoms with van der Waals surface area (Å²) in [4.78, 5) is 10.5. The lowest BCUT2D eigenvalue weighted by molar-refractivity contribution is 0.374. The van der Waals surface area contributed by atoms with Crippen LogP contribution in [0.25, 0.3) is 56.2 Å². The summed E-state index contributed by atoms with van der Waals surface area (Å²) >= 11 is 0. The van der Waals surface area contributed by atoms with Crippen LogP contribution < -0.4 is 4.74 Å². The summed E-state index contributed by atoms with van der Waals surface area (Å²) < 4.78 is 6.85. The van der Waals surface area contributed by atoms with Crippen LogP contribution in [0.4, 0.5) is 0 Å². The van der Waals surface area contributed by atoms with Gasteiger partial charge in [-0.3, -0.25) is 0 Å². The molecule has 0 saturated carbocycles. The Morgan fingerprint density at radius 1 is 0.411 bits per heavy atom. The first-order chi connectivity index (χ1) is 27.8. The average molecular weight is 717 g/mol. The Kier molecular flexibility index (Phi) is 7.53. The van der Waals surface area contributed by atoms with E-state index >= 15 is 0 Å². The lowest BCUT2D eigenvalue weighted by Crippen LogP contribution is -2.37. The topological polar surface area (TPSA) is 35.0 Å². The normalized spacial score (nSPS) is 18.4. The van der Waals surface area contributed by atoms with Crippen molar-refractivity contribution >= 4 is 0 Å². The number of hydrogen-bond donors (Lipinski definition) is 0. The molecule has 7 aromatic carbocycles. The zero-order valence-electron chi connectivity index (χ0n) is 30.6. The second-order valence-corrected chi connectivity index (χ2v) is 14.8. The van der Waals surface area contributed by atoms with E-state index in [1.807, 2.05) is 6.07 Å². The summed E-state index contributed by atoms with van der Waals surface area (Å²) in [5, 5.41) is 0. The summed E-state index contributed by atoms with van der Waals surface area (Å²) in [6.45, 7) is 0. The van der Waals surface area contributed by atoms with E-state index in [4.69, 9.17) is 14.7 Å². The molecule has 8 aromatic rings. The predicted molar refractivity (Wildman–Crippen MR) is 227 cm³/mol. The fourth-order valence-corrected chi connectivity index (χ4v) is 9.44. The molecule has 3 aliphatic rings. The lowest BCUT2D eigenvalue weighted by atomic mass is 9.62. The number of benzene rings is 7. The van der Waals surface area contributed by atoms with Crippen LogP contribution >= 0.6 is 0 Å². The van der Waals surface area contributed by atoms with Crippen LogP contribution in [0.5, 0.6) is 11.5 Å². The molecule has 1 aliphatic heterocycles. The van der Waals surface area contributed by atoms with Crippen molar-refractivity contribution < 1.29 is 4.74 Å². The maximum Gasteiger partial charge on any atom is 0.160 e. The van der Waals surface area contributed by atoms with Gasteiger partial charge < -0.3 is 4.74 Å². The highest BCUT2D eigenvalue weighted by molar-refractivity contribution is 5.84. The highest BCUT2D eigenvalue weighted by Gasteiger charge is 2.56. The molecule has 0 N–H and O–H groups in total. The van der Waals surface area contributed by atoms with Gasteiger partial charge in [-0.1, -0.05) is 182 Å². The van der Waals surface area contributed by atoms with Crippen molar-refractivity contribution in [2.75, 3.05) is 0 Å². The highest BCUT2D eigenvalue weighted by Crippen LogP contribution is 2.64. The first-order valence-corrected chi connectivity index (χ1v) is 19.3. The fourth-order valence-electron chi connectivity index (χ4n) is 9.44. The zero-order valence-corrected chi connectivity index (χ0v) is 30.6. The molecule has 2 aliphatic carbocycles. The molecule has 0 bridgehead atoms. The van der Waals surface area contributed by atoms with Crippen LogP contribution in [0.2, 0.25) is 0 Å². The van der Waals surface area contributed by atoms with Gasteiger partial charge in [0.05, 0.1) is 16.8 Å². The molecular formula is C53H36N2O. The van der Waals surface area contributed by atoms with Crippen molar-refractivity contribution in [3.05, 3.63) is 229 Å². The van der Waals surface area contributed by atoms with Crippen molar-refractivity contribution in [2.45, 2.75) is 11.3 Å². The Morgan fingerprint density at radius 2 is 1.04 bits per heavy atom. The molecule has 3 nitrogen and oxygen atoms in total. The quantitative estimate of drug-likeness (QED) is 0.178. The molecule has 3 atom stereocenters. The SMILES string of the molecule is C1=CC2c3ccccc3C3(c4ccccc4Oc4cc(-c5cccc(-c6nc(-c7ccccc7)cc(-c7ccccc7-c7ccccc7)n6)c5)ccc43)C2C=C1. The lowest BCUT2D eigenvalue weighted by Gasteiger charge is -2.43.